The zero-order valence-electron chi connectivity index (χ0n) is 11.3. The molecule has 0 saturated heterocycles. The highest BCUT2D eigenvalue weighted by Gasteiger charge is 2.11. The van der Waals surface area contributed by atoms with Gasteiger partial charge < -0.3 is 0 Å². The predicted octanol–water partition coefficient (Wildman–Crippen LogP) is 2.24. The largest absolute Gasteiger partial charge is 0.287 e. The lowest BCUT2D eigenvalue weighted by atomic mass is 10.2. The minimum atomic E-state index is -0.146. The first-order chi connectivity index (χ1) is 9.66. The van der Waals surface area contributed by atoms with Crippen LogP contribution in [0, 0.1) is 13.8 Å². The van der Waals surface area contributed by atoms with Crippen LogP contribution in [0.25, 0.3) is 17.2 Å². The van der Waals surface area contributed by atoms with Gasteiger partial charge in [-0.25, -0.2) is 9.67 Å². The van der Waals surface area contributed by atoms with Crippen LogP contribution in [0.3, 0.4) is 0 Å². The molecule has 0 aliphatic carbocycles. The Labute approximate surface area is 115 Å². The molecular weight excluding hydrogens is 252 g/mol. The number of aryl methyl sites for hydroxylation is 2. The number of nitrogens with zero attached hydrogens (tertiary/aromatic N) is 3. The zero-order chi connectivity index (χ0) is 14.1. The number of rotatable bonds is 2. The van der Waals surface area contributed by atoms with Crippen molar-refractivity contribution in [2.24, 2.45) is 0 Å². The van der Waals surface area contributed by atoms with E-state index in [0.717, 1.165) is 16.8 Å². The lowest BCUT2D eigenvalue weighted by Gasteiger charge is -2.05. The molecule has 0 amide bonds. The van der Waals surface area contributed by atoms with E-state index in [4.69, 9.17) is 0 Å². The summed E-state index contributed by atoms with van der Waals surface area (Å²) in [4.78, 5) is 20.7. The number of nitrogens with one attached hydrogen (secondary N) is 1. The molecule has 0 fully saturated rings. The Balaban J connectivity index is 2.16. The first-order valence-electron chi connectivity index (χ1n) is 6.33. The number of aromatic amines is 1. The predicted molar refractivity (Wildman–Crippen MR) is 76.9 cm³/mol. The fourth-order valence-corrected chi connectivity index (χ4v) is 2.15. The minimum Gasteiger partial charge on any atom is -0.287 e. The van der Waals surface area contributed by atoms with Crippen LogP contribution in [0.5, 0.6) is 0 Å². The Bertz CT molecular complexity index is 816. The van der Waals surface area contributed by atoms with E-state index in [1.54, 1.807) is 18.5 Å². The molecule has 3 heterocycles. The van der Waals surface area contributed by atoms with Crippen molar-refractivity contribution in [1.82, 2.24) is 19.7 Å². The van der Waals surface area contributed by atoms with E-state index < -0.39 is 0 Å². The molecule has 0 radical (unpaired) electrons. The van der Waals surface area contributed by atoms with Gasteiger partial charge in [0.15, 0.2) is 5.82 Å². The Morgan fingerprint density at radius 2 is 1.75 bits per heavy atom. The summed E-state index contributed by atoms with van der Waals surface area (Å²) in [6.45, 7) is 3.88. The molecule has 5 heteroatoms. The molecule has 1 N–H and O–H groups in total. The van der Waals surface area contributed by atoms with Crippen molar-refractivity contribution >= 4 is 0 Å². The van der Waals surface area contributed by atoms with Gasteiger partial charge in [-0.15, -0.1) is 0 Å². The number of H-pyrrole nitrogens is 1. The molecule has 0 bridgehead atoms. The van der Waals surface area contributed by atoms with Crippen molar-refractivity contribution < 1.29 is 0 Å². The van der Waals surface area contributed by atoms with Gasteiger partial charge in [0.2, 0.25) is 0 Å². The number of aromatic nitrogens is 4. The average Bonchev–Trinajstić information content (AvgIpc) is 2.81. The summed E-state index contributed by atoms with van der Waals surface area (Å²) >= 11 is 0. The summed E-state index contributed by atoms with van der Waals surface area (Å²) in [5, 5.41) is 3.07. The van der Waals surface area contributed by atoms with Crippen molar-refractivity contribution in [2.75, 3.05) is 0 Å². The molecule has 0 aliphatic rings. The lowest BCUT2D eigenvalue weighted by molar-refractivity contribution is 0.812. The van der Waals surface area contributed by atoms with E-state index in [9.17, 15) is 4.79 Å². The maximum atomic E-state index is 12.1. The third kappa shape index (κ3) is 2.03. The third-order valence-electron chi connectivity index (χ3n) is 3.18. The molecular formula is C15H14N4O. The molecule has 0 aromatic carbocycles. The molecule has 100 valence electrons. The van der Waals surface area contributed by atoms with Gasteiger partial charge >= 0.3 is 0 Å². The summed E-state index contributed by atoms with van der Waals surface area (Å²) < 4.78 is 1.44. The van der Waals surface area contributed by atoms with Gasteiger partial charge in [-0.05, 0) is 37.1 Å². The fraction of sp³-hybridized carbons (Fsp3) is 0.133. The van der Waals surface area contributed by atoms with Gasteiger partial charge in [-0.3, -0.25) is 14.9 Å². The van der Waals surface area contributed by atoms with Crippen molar-refractivity contribution in [1.29, 1.82) is 0 Å². The Kier molecular flexibility index (Phi) is 2.95. The van der Waals surface area contributed by atoms with E-state index >= 15 is 0 Å². The smallest absolute Gasteiger partial charge is 0.273 e. The summed E-state index contributed by atoms with van der Waals surface area (Å²) in [6.07, 6.45) is 3.38. The first kappa shape index (κ1) is 12.3. The fourth-order valence-electron chi connectivity index (χ4n) is 2.15. The minimum absolute atomic E-state index is 0.146. The van der Waals surface area contributed by atoms with Crippen LogP contribution < -0.4 is 5.56 Å². The topological polar surface area (TPSA) is 63.6 Å². The van der Waals surface area contributed by atoms with Gasteiger partial charge in [0, 0.05) is 18.5 Å². The van der Waals surface area contributed by atoms with Crippen LogP contribution in [0.15, 0.2) is 47.5 Å². The van der Waals surface area contributed by atoms with Gasteiger partial charge in [0.1, 0.15) is 0 Å². The van der Waals surface area contributed by atoms with Gasteiger partial charge in [-0.2, -0.15) is 0 Å². The molecule has 0 unspecified atom stereocenters. The lowest BCUT2D eigenvalue weighted by Crippen LogP contribution is -2.15. The first-order valence-corrected chi connectivity index (χ1v) is 6.33. The Morgan fingerprint density at radius 3 is 2.45 bits per heavy atom. The monoisotopic (exact) mass is 266 g/mol. The van der Waals surface area contributed by atoms with E-state index in [0.29, 0.717) is 11.5 Å². The summed E-state index contributed by atoms with van der Waals surface area (Å²) in [6, 6.07) is 9.14. The number of hydrogen-bond acceptors (Lipinski definition) is 3. The maximum absolute atomic E-state index is 12.1. The Hall–Kier alpha value is -2.69. The molecule has 3 aromatic rings. The molecule has 0 atom stereocenters. The van der Waals surface area contributed by atoms with Crippen molar-refractivity contribution in [2.45, 2.75) is 13.8 Å². The zero-order valence-corrected chi connectivity index (χ0v) is 11.3. The van der Waals surface area contributed by atoms with Crippen LogP contribution in [-0.4, -0.2) is 19.7 Å². The average molecular weight is 266 g/mol. The second kappa shape index (κ2) is 4.77. The van der Waals surface area contributed by atoms with Crippen LogP contribution in [0.2, 0.25) is 0 Å². The highest BCUT2D eigenvalue weighted by Crippen LogP contribution is 2.17. The molecule has 0 saturated carbocycles. The van der Waals surface area contributed by atoms with Crippen LogP contribution in [0.4, 0.5) is 0 Å². The second-order valence-corrected chi connectivity index (χ2v) is 4.66. The SMILES string of the molecule is Cc1cccnc1-c1cc(=O)n(-c2ncccc2C)[nH]1. The van der Waals surface area contributed by atoms with E-state index in [1.807, 2.05) is 38.1 Å². The maximum Gasteiger partial charge on any atom is 0.273 e. The second-order valence-electron chi connectivity index (χ2n) is 4.66. The van der Waals surface area contributed by atoms with Crippen molar-refractivity contribution in [3.05, 3.63) is 64.2 Å². The highest BCUT2D eigenvalue weighted by atomic mass is 16.1. The van der Waals surface area contributed by atoms with Crippen LogP contribution in [-0.2, 0) is 0 Å². The van der Waals surface area contributed by atoms with Crippen molar-refractivity contribution in [3.63, 3.8) is 0 Å². The van der Waals surface area contributed by atoms with E-state index in [-0.39, 0.29) is 5.56 Å². The van der Waals surface area contributed by atoms with Crippen LogP contribution >= 0.6 is 0 Å². The quantitative estimate of drug-likeness (QED) is 0.773. The third-order valence-corrected chi connectivity index (χ3v) is 3.18. The molecule has 0 spiro atoms. The number of hydrogen-bond donors (Lipinski definition) is 1. The van der Waals surface area contributed by atoms with E-state index in [1.165, 1.54) is 4.68 Å². The summed E-state index contributed by atoms with van der Waals surface area (Å²) in [7, 11) is 0. The van der Waals surface area contributed by atoms with Gasteiger partial charge in [-0.1, -0.05) is 12.1 Å². The summed E-state index contributed by atoms with van der Waals surface area (Å²) in [5.41, 5.74) is 3.27. The van der Waals surface area contributed by atoms with E-state index in [2.05, 4.69) is 15.1 Å². The molecule has 5 nitrogen and oxygen atoms in total. The Morgan fingerprint density at radius 1 is 1.05 bits per heavy atom. The van der Waals surface area contributed by atoms with Gasteiger partial charge in [0.25, 0.3) is 5.56 Å². The normalized spacial score (nSPS) is 10.7. The molecule has 20 heavy (non-hydrogen) atoms. The number of pyridine rings is 2. The molecule has 3 aromatic heterocycles. The van der Waals surface area contributed by atoms with Crippen molar-refractivity contribution in [3.8, 4) is 17.2 Å². The molecule has 0 aliphatic heterocycles. The highest BCUT2D eigenvalue weighted by molar-refractivity contribution is 5.58. The van der Waals surface area contributed by atoms with Crippen LogP contribution in [0.1, 0.15) is 11.1 Å². The molecule has 3 rings (SSSR count). The standard InChI is InChI=1S/C15H14N4O/c1-10-5-3-7-16-14(10)12-9-13(20)19(18-12)15-11(2)6-4-8-17-15/h3-9,18H,1-2H3. The van der Waals surface area contributed by atoms with Gasteiger partial charge in [0.05, 0.1) is 11.4 Å². The summed E-state index contributed by atoms with van der Waals surface area (Å²) in [5.74, 6) is 0.609.